The maximum absolute atomic E-state index is 5.45. The highest BCUT2D eigenvalue weighted by atomic mass is 16.5. The van der Waals surface area contributed by atoms with E-state index in [1.807, 2.05) is 12.1 Å². The van der Waals surface area contributed by atoms with Gasteiger partial charge in [0.05, 0.1) is 21.3 Å². The number of nitrogens with one attached hydrogen (secondary N) is 1. The van der Waals surface area contributed by atoms with Crippen LogP contribution in [-0.4, -0.2) is 27.4 Å². The largest absolute Gasteiger partial charge is 0.493 e. The number of ether oxygens (including phenoxy) is 3. The summed E-state index contributed by atoms with van der Waals surface area (Å²) in [5.74, 6) is 4.06. The van der Waals surface area contributed by atoms with Crippen LogP contribution < -0.4 is 19.5 Å². The van der Waals surface area contributed by atoms with Crippen LogP contribution in [0, 0.1) is 11.8 Å². The van der Waals surface area contributed by atoms with Gasteiger partial charge in [0, 0.05) is 12.6 Å². The molecule has 2 saturated carbocycles. The highest BCUT2D eigenvalue weighted by molar-refractivity contribution is 5.53. The monoisotopic (exact) mass is 333 g/mol. The molecule has 4 heteroatoms. The first kappa shape index (κ1) is 17.4. The molecule has 2 fully saturated rings. The second-order valence-corrected chi connectivity index (χ2v) is 7.23. The molecule has 0 radical (unpaired) electrons. The van der Waals surface area contributed by atoms with Crippen LogP contribution in [-0.2, 0) is 6.54 Å². The third-order valence-electron chi connectivity index (χ3n) is 5.86. The van der Waals surface area contributed by atoms with Gasteiger partial charge < -0.3 is 19.5 Å². The van der Waals surface area contributed by atoms with Crippen molar-refractivity contribution >= 4 is 0 Å². The maximum Gasteiger partial charge on any atom is 0.203 e. The van der Waals surface area contributed by atoms with Gasteiger partial charge in [0.15, 0.2) is 11.5 Å². The standard InChI is InChI=1S/C20H31NO3/c1-22-18-10-14(11-19(23-2)20(18)24-3)13-21-17-9-8-15-6-4-5-7-16(15)12-17/h10-11,15-17,21H,4-9,12-13H2,1-3H3/t15-,16+,17-/m0/s1. The molecule has 2 aliphatic rings. The van der Waals surface area contributed by atoms with Crippen LogP contribution in [0.1, 0.15) is 50.5 Å². The van der Waals surface area contributed by atoms with E-state index in [0.717, 1.165) is 29.9 Å². The first-order valence-corrected chi connectivity index (χ1v) is 9.27. The van der Waals surface area contributed by atoms with Crippen molar-refractivity contribution in [2.24, 2.45) is 11.8 Å². The highest BCUT2D eigenvalue weighted by Gasteiger charge is 2.31. The second kappa shape index (κ2) is 8.11. The molecule has 1 aromatic rings. The van der Waals surface area contributed by atoms with Gasteiger partial charge in [0.1, 0.15) is 0 Å². The third-order valence-corrected chi connectivity index (χ3v) is 5.86. The van der Waals surface area contributed by atoms with E-state index >= 15 is 0 Å². The minimum Gasteiger partial charge on any atom is -0.493 e. The van der Waals surface area contributed by atoms with Crippen molar-refractivity contribution in [2.45, 2.75) is 57.5 Å². The van der Waals surface area contributed by atoms with Crippen LogP contribution in [0.4, 0.5) is 0 Å². The van der Waals surface area contributed by atoms with Crippen LogP contribution >= 0.6 is 0 Å². The Hall–Kier alpha value is -1.42. The minimum atomic E-state index is 0.642. The molecule has 3 rings (SSSR count). The van der Waals surface area contributed by atoms with E-state index in [2.05, 4.69) is 5.32 Å². The third kappa shape index (κ3) is 3.80. The van der Waals surface area contributed by atoms with Crippen LogP contribution in [0.25, 0.3) is 0 Å². The molecule has 0 unspecified atom stereocenters. The Labute approximate surface area is 145 Å². The minimum absolute atomic E-state index is 0.642. The fourth-order valence-corrected chi connectivity index (χ4v) is 4.56. The smallest absolute Gasteiger partial charge is 0.203 e. The zero-order valence-corrected chi connectivity index (χ0v) is 15.3. The number of fused-ring (bicyclic) bond motifs is 1. The van der Waals surface area contributed by atoms with Crippen LogP contribution in [0.3, 0.4) is 0 Å². The molecule has 24 heavy (non-hydrogen) atoms. The molecule has 0 amide bonds. The van der Waals surface area contributed by atoms with Gasteiger partial charge >= 0.3 is 0 Å². The summed E-state index contributed by atoms with van der Waals surface area (Å²) < 4.78 is 16.3. The number of hydrogen-bond donors (Lipinski definition) is 1. The van der Waals surface area contributed by atoms with Crippen molar-refractivity contribution in [1.29, 1.82) is 0 Å². The van der Waals surface area contributed by atoms with E-state index in [1.54, 1.807) is 21.3 Å². The number of methoxy groups -OCH3 is 3. The zero-order chi connectivity index (χ0) is 16.9. The van der Waals surface area contributed by atoms with Crippen LogP contribution in [0.2, 0.25) is 0 Å². The van der Waals surface area contributed by atoms with Crippen molar-refractivity contribution < 1.29 is 14.2 Å². The number of benzene rings is 1. The molecule has 0 aromatic heterocycles. The summed E-state index contributed by atoms with van der Waals surface area (Å²) >= 11 is 0. The molecule has 2 aliphatic carbocycles. The van der Waals surface area contributed by atoms with Crippen molar-refractivity contribution in [3.63, 3.8) is 0 Å². The van der Waals surface area contributed by atoms with Crippen molar-refractivity contribution in [1.82, 2.24) is 5.32 Å². The summed E-state index contributed by atoms with van der Waals surface area (Å²) in [6, 6.07) is 4.73. The molecule has 1 aromatic carbocycles. The van der Waals surface area contributed by atoms with E-state index in [1.165, 1.54) is 50.5 Å². The summed E-state index contributed by atoms with van der Waals surface area (Å²) in [6.07, 6.45) is 9.83. The van der Waals surface area contributed by atoms with Crippen molar-refractivity contribution in [3.05, 3.63) is 17.7 Å². The fraction of sp³-hybridized carbons (Fsp3) is 0.700. The molecular formula is C20H31NO3. The molecule has 3 atom stereocenters. The average molecular weight is 333 g/mol. The molecule has 1 N–H and O–H groups in total. The number of rotatable bonds is 6. The van der Waals surface area contributed by atoms with Gasteiger partial charge in [-0.2, -0.15) is 0 Å². The molecule has 134 valence electrons. The fourth-order valence-electron chi connectivity index (χ4n) is 4.56. The normalized spacial score (nSPS) is 26.5. The Morgan fingerprint density at radius 3 is 2.17 bits per heavy atom. The summed E-state index contributed by atoms with van der Waals surface area (Å²) in [4.78, 5) is 0. The van der Waals surface area contributed by atoms with Gasteiger partial charge in [-0.15, -0.1) is 0 Å². The zero-order valence-electron chi connectivity index (χ0n) is 15.3. The molecule has 4 nitrogen and oxygen atoms in total. The molecular weight excluding hydrogens is 302 g/mol. The van der Waals surface area contributed by atoms with Gasteiger partial charge in [-0.05, 0) is 48.8 Å². The maximum atomic E-state index is 5.45. The molecule has 0 aliphatic heterocycles. The predicted molar refractivity (Wildman–Crippen MR) is 96.0 cm³/mol. The highest BCUT2D eigenvalue weighted by Crippen LogP contribution is 2.41. The SMILES string of the molecule is COc1cc(CN[C@H]2CC[C@@H]3CCCC[C@@H]3C2)cc(OC)c1OC. The Balaban J connectivity index is 1.62. The van der Waals surface area contributed by atoms with Crippen molar-refractivity contribution in [3.8, 4) is 17.2 Å². The summed E-state index contributed by atoms with van der Waals surface area (Å²) in [6.45, 7) is 0.846. The van der Waals surface area contributed by atoms with Gasteiger partial charge in [0.25, 0.3) is 0 Å². The number of hydrogen-bond acceptors (Lipinski definition) is 4. The Kier molecular flexibility index (Phi) is 5.88. The predicted octanol–water partition coefficient (Wildman–Crippen LogP) is 4.16. The lowest BCUT2D eigenvalue weighted by atomic mass is 9.69. The van der Waals surface area contributed by atoms with E-state index in [9.17, 15) is 0 Å². The Morgan fingerprint density at radius 2 is 1.54 bits per heavy atom. The average Bonchev–Trinajstić information content (AvgIpc) is 2.65. The molecule has 0 saturated heterocycles. The Bertz CT molecular complexity index is 521. The lowest BCUT2D eigenvalue weighted by Crippen LogP contribution is -2.38. The van der Waals surface area contributed by atoms with Gasteiger partial charge in [-0.25, -0.2) is 0 Å². The first-order chi connectivity index (χ1) is 11.7. The van der Waals surface area contributed by atoms with Gasteiger partial charge in [0.2, 0.25) is 5.75 Å². The molecule has 0 spiro atoms. The Morgan fingerprint density at radius 1 is 0.875 bits per heavy atom. The topological polar surface area (TPSA) is 39.7 Å². The van der Waals surface area contributed by atoms with E-state index in [4.69, 9.17) is 14.2 Å². The van der Waals surface area contributed by atoms with Gasteiger partial charge in [-0.3, -0.25) is 0 Å². The summed E-state index contributed by atoms with van der Waals surface area (Å²) in [7, 11) is 4.97. The lowest BCUT2D eigenvalue weighted by molar-refractivity contribution is 0.143. The van der Waals surface area contributed by atoms with E-state index in [0.29, 0.717) is 11.8 Å². The summed E-state index contributed by atoms with van der Waals surface area (Å²) in [5, 5.41) is 3.76. The van der Waals surface area contributed by atoms with E-state index in [-0.39, 0.29) is 0 Å². The summed E-state index contributed by atoms with van der Waals surface area (Å²) in [5.41, 5.74) is 1.18. The quantitative estimate of drug-likeness (QED) is 0.848. The van der Waals surface area contributed by atoms with Crippen molar-refractivity contribution in [2.75, 3.05) is 21.3 Å². The first-order valence-electron chi connectivity index (χ1n) is 9.27. The van der Waals surface area contributed by atoms with Crippen LogP contribution in [0.15, 0.2) is 12.1 Å². The van der Waals surface area contributed by atoms with Gasteiger partial charge in [-0.1, -0.05) is 25.7 Å². The lowest BCUT2D eigenvalue weighted by Gasteiger charge is -2.39. The second-order valence-electron chi connectivity index (χ2n) is 7.23. The molecule has 0 bridgehead atoms. The molecule has 0 heterocycles. The van der Waals surface area contributed by atoms with E-state index < -0.39 is 0 Å². The van der Waals surface area contributed by atoms with Crippen LogP contribution in [0.5, 0.6) is 17.2 Å².